The zero-order valence-corrected chi connectivity index (χ0v) is 15.0. The van der Waals surface area contributed by atoms with Crippen LogP contribution in [0.4, 0.5) is 23.8 Å². The first-order chi connectivity index (χ1) is 12.8. The molecule has 1 aromatic heterocycles. The average molecular weight is 387 g/mol. The van der Waals surface area contributed by atoms with Crippen LogP contribution in [0.15, 0.2) is 12.1 Å². The van der Waals surface area contributed by atoms with Gasteiger partial charge in [0.25, 0.3) is 0 Å². The molecule has 8 nitrogen and oxygen atoms in total. The van der Waals surface area contributed by atoms with Gasteiger partial charge in [0.15, 0.2) is 11.5 Å². The van der Waals surface area contributed by atoms with E-state index in [9.17, 15) is 18.0 Å². The van der Waals surface area contributed by atoms with Crippen LogP contribution in [-0.4, -0.2) is 36.8 Å². The van der Waals surface area contributed by atoms with Crippen molar-refractivity contribution in [2.45, 2.75) is 25.9 Å². The smallest absolute Gasteiger partial charge is 0.451 e. The second kappa shape index (κ2) is 8.71. The molecule has 0 fully saturated rings. The van der Waals surface area contributed by atoms with Crippen LogP contribution in [0, 0.1) is 0 Å². The number of fused-ring (bicyclic) bond motifs is 1. The third-order valence-electron chi connectivity index (χ3n) is 3.54. The highest BCUT2D eigenvalue weighted by molar-refractivity contribution is 5.99. The van der Waals surface area contributed by atoms with Crippen molar-refractivity contribution in [3.8, 4) is 11.5 Å². The molecule has 0 saturated heterocycles. The fourth-order valence-electron chi connectivity index (χ4n) is 2.22. The molecule has 2 amide bonds. The van der Waals surface area contributed by atoms with Gasteiger partial charge in [-0.3, -0.25) is 10.7 Å². The number of nitrogens with one attached hydrogen (secondary N) is 3. The summed E-state index contributed by atoms with van der Waals surface area (Å²) >= 11 is 0. The van der Waals surface area contributed by atoms with Crippen LogP contribution < -0.4 is 25.6 Å². The number of urea groups is 1. The Morgan fingerprint density at radius 2 is 1.81 bits per heavy atom. The Hall–Kier alpha value is -2.82. The van der Waals surface area contributed by atoms with E-state index in [4.69, 9.17) is 9.47 Å². The van der Waals surface area contributed by atoms with E-state index in [1.807, 2.05) is 6.92 Å². The molecule has 3 N–H and O–H groups in total. The number of rotatable bonds is 7. The third-order valence-corrected chi connectivity index (χ3v) is 3.54. The molecule has 0 aliphatic carbocycles. The lowest BCUT2D eigenvalue weighted by Crippen LogP contribution is -2.41. The zero-order chi connectivity index (χ0) is 20.0. The molecule has 0 aliphatic heterocycles. The largest absolute Gasteiger partial charge is 0.493 e. The van der Waals surface area contributed by atoms with Crippen LogP contribution in [0.5, 0.6) is 11.5 Å². The summed E-state index contributed by atoms with van der Waals surface area (Å²) in [5.74, 6) is -1.22. The molecule has 27 heavy (non-hydrogen) atoms. The summed E-state index contributed by atoms with van der Waals surface area (Å²) < 4.78 is 49.6. The summed E-state index contributed by atoms with van der Waals surface area (Å²) in [7, 11) is 2.73. The van der Waals surface area contributed by atoms with Gasteiger partial charge >= 0.3 is 12.2 Å². The number of anilines is 1. The molecule has 1 aromatic carbocycles. The first-order valence-corrected chi connectivity index (χ1v) is 8.11. The van der Waals surface area contributed by atoms with Crippen LogP contribution in [0.3, 0.4) is 0 Å². The number of carbonyl (C=O) groups excluding carboxylic acids is 1. The lowest BCUT2D eigenvalue weighted by molar-refractivity contribution is -0.144. The number of hydrogen-bond donors (Lipinski definition) is 3. The predicted molar refractivity (Wildman–Crippen MR) is 92.7 cm³/mol. The number of hydrogen-bond acceptors (Lipinski definition) is 6. The van der Waals surface area contributed by atoms with Gasteiger partial charge in [-0.25, -0.2) is 20.2 Å². The number of hydrazine groups is 1. The van der Waals surface area contributed by atoms with E-state index in [0.29, 0.717) is 6.54 Å². The van der Waals surface area contributed by atoms with Crippen LogP contribution in [0.1, 0.15) is 25.6 Å². The Kier molecular flexibility index (Phi) is 6.61. The van der Waals surface area contributed by atoms with Gasteiger partial charge in [0.2, 0.25) is 5.82 Å². The molecule has 0 spiro atoms. The van der Waals surface area contributed by atoms with Crippen LogP contribution in [0.2, 0.25) is 0 Å². The highest BCUT2D eigenvalue weighted by Crippen LogP contribution is 2.36. The molecular weight excluding hydrogens is 367 g/mol. The van der Waals surface area contributed by atoms with Gasteiger partial charge in [0.05, 0.1) is 19.7 Å². The molecule has 1 heterocycles. The minimum atomic E-state index is -4.78. The summed E-state index contributed by atoms with van der Waals surface area (Å²) in [4.78, 5) is 19.0. The van der Waals surface area contributed by atoms with Gasteiger partial charge in [-0.15, -0.1) is 0 Å². The molecule has 2 rings (SSSR count). The maximum Gasteiger partial charge on any atom is 0.451 e. The number of alkyl halides is 3. The van der Waals surface area contributed by atoms with Gasteiger partial charge in [-0.2, -0.15) is 13.2 Å². The number of unbranched alkanes of at least 4 members (excludes halogenated alkanes) is 1. The molecule has 11 heteroatoms. The van der Waals surface area contributed by atoms with Crippen LogP contribution in [-0.2, 0) is 6.18 Å². The van der Waals surface area contributed by atoms with Crippen LogP contribution >= 0.6 is 0 Å². The molecule has 0 atom stereocenters. The number of carbonyl (C=O) groups is 1. The quantitative estimate of drug-likeness (QED) is 0.499. The number of benzene rings is 1. The number of aromatic nitrogens is 2. The lowest BCUT2D eigenvalue weighted by atomic mass is 10.2. The Morgan fingerprint density at radius 3 is 2.41 bits per heavy atom. The van der Waals surface area contributed by atoms with E-state index in [2.05, 4.69) is 26.1 Å². The molecule has 0 saturated carbocycles. The fourth-order valence-corrected chi connectivity index (χ4v) is 2.22. The molecule has 0 aliphatic rings. The number of amides is 2. The topological polar surface area (TPSA) is 97.4 Å². The maximum absolute atomic E-state index is 13.1. The second-order valence-electron chi connectivity index (χ2n) is 5.48. The normalized spacial score (nSPS) is 11.3. The standard InChI is InChI=1S/C16H20F3N5O3/c1-4-5-6-20-24-15(25)23-13-9-7-11(26-2)12(27-3)8-10(9)21-14(22-13)16(17,18)19/h7-8,20H,4-6H2,1-3H3,(H2,21,22,23,24,25). The first kappa shape index (κ1) is 20.5. The van der Waals surface area contributed by atoms with Gasteiger partial charge in [-0.1, -0.05) is 13.3 Å². The first-order valence-electron chi connectivity index (χ1n) is 8.11. The van der Waals surface area contributed by atoms with E-state index in [0.717, 1.165) is 12.8 Å². The van der Waals surface area contributed by atoms with Crippen molar-refractivity contribution in [2.75, 3.05) is 26.1 Å². The Bertz CT molecular complexity index is 814. The highest BCUT2D eigenvalue weighted by atomic mass is 19.4. The van der Waals surface area contributed by atoms with Gasteiger partial charge in [0.1, 0.15) is 5.82 Å². The number of ether oxygens (including phenoxy) is 2. The van der Waals surface area contributed by atoms with E-state index < -0.39 is 18.0 Å². The van der Waals surface area contributed by atoms with Crippen LogP contribution in [0.25, 0.3) is 10.9 Å². The molecule has 148 valence electrons. The summed E-state index contributed by atoms with van der Waals surface area (Å²) in [6.45, 7) is 2.50. The van der Waals surface area contributed by atoms with Crippen molar-refractivity contribution >= 4 is 22.8 Å². The minimum Gasteiger partial charge on any atom is -0.493 e. The maximum atomic E-state index is 13.1. The predicted octanol–water partition coefficient (Wildman–Crippen LogP) is 3.09. The van der Waals surface area contributed by atoms with Gasteiger partial charge in [0, 0.05) is 18.0 Å². The average Bonchev–Trinajstić information content (AvgIpc) is 2.63. The van der Waals surface area contributed by atoms with E-state index in [1.54, 1.807) is 0 Å². The molecule has 0 radical (unpaired) electrons. The molecule has 0 unspecified atom stereocenters. The SMILES string of the molecule is CCCCNNC(=O)Nc1nc(C(F)(F)F)nc2cc(OC)c(OC)cc12. The summed E-state index contributed by atoms with van der Waals surface area (Å²) in [6.07, 6.45) is -3.04. The summed E-state index contributed by atoms with van der Waals surface area (Å²) in [5.41, 5.74) is 4.96. The van der Waals surface area contributed by atoms with Gasteiger partial charge < -0.3 is 9.47 Å². The van der Waals surface area contributed by atoms with E-state index in [1.165, 1.54) is 26.4 Å². The number of nitrogens with zero attached hydrogens (tertiary/aromatic N) is 2. The highest BCUT2D eigenvalue weighted by Gasteiger charge is 2.36. The Balaban J connectivity index is 2.43. The number of methoxy groups -OCH3 is 2. The summed E-state index contributed by atoms with van der Waals surface area (Å²) in [6, 6.07) is 1.93. The van der Waals surface area contributed by atoms with E-state index >= 15 is 0 Å². The van der Waals surface area contributed by atoms with Crippen molar-refractivity contribution in [3.05, 3.63) is 18.0 Å². The van der Waals surface area contributed by atoms with Crippen molar-refractivity contribution in [1.29, 1.82) is 0 Å². The summed E-state index contributed by atoms with van der Waals surface area (Å²) in [5, 5.41) is 2.47. The molecular formula is C16H20F3N5O3. The zero-order valence-electron chi connectivity index (χ0n) is 15.0. The van der Waals surface area contributed by atoms with Crippen molar-refractivity contribution in [1.82, 2.24) is 20.8 Å². The minimum absolute atomic E-state index is 0.0517. The third kappa shape index (κ3) is 5.09. The second-order valence-corrected chi connectivity index (χ2v) is 5.48. The lowest BCUT2D eigenvalue weighted by Gasteiger charge is -2.14. The Labute approximate surface area is 153 Å². The monoisotopic (exact) mass is 387 g/mol. The Morgan fingerprint density at radius 1 is 1.15 bits per heavy atom. The van der Waals surface area contributed by atoms with Crippen molar-refractivity contribution < 1.29 is 27.4 Å². The molecule has 2 aromatic rings. The number of halogens is 3. The van der Waals surface area contributed by atoms with E-state index in [-0.39, 0.29) is 28.2 Å². The van der Waals surface area contributed by atoms with Gasteiger partial charge in [-0.05, 0) is 12.5 Å². The van der Waals surface area contributed by atoms with Crippen molar-refractivity contribution in [3.63, 3.8) is 0 Å². The molecule has 0 bridgehead atoms. The van der Waals surface area contributed by atoms with Crippen molar-refractivity contribution in [2.24, 2.45) is 0 Å². The fraction of sp³-hybridized carbons (Fsp3) is 0.438.